The van der Waals surface area contributed by atoms with E-state index in [4.69, 9.17) is 11.6 Å². The molecule has 0 aliphatic carbocycles. The van der Waals surface area contributed by atoms with E-state index in [1.807, 2.05) is 0 Å². The number of carbonyl (C=O) groups is 1. The molecule has 1 aliphatic heterocycles. The number of anilines is 1. The van der Waals surface area contributed by atoms with Gasteiger partial charge in [0, 0.05) is 23.9 Å². The van der Waals surface area contributed by atoms with E-state index in [1.54, 1.807) is 6.08 Å². The average Bonchev–Trinajstić information content (AvgIpc) is 2.68. The van der Waals surface area contributed by atoms with Crippen LogP contribution in [-0.4, -0.2) is 12.5 Å². The number of amides is 1. The van der Waals surface area contributed by atoms with E-state index in [-0.39, 0.29) is 35.5 Å². The molecule has 0 bridgehead atoms. The first-order valence-corrected chi connectivity index (χ1v) is 6.00. The van der Waals surface area contributed by atoms with Crippen molar-refractivity contribution < 1.29 is 18.0 Å². The van der Waals surface area contributed by atoms with Gasteiger partial charge in [0.15, 0.2) is 0 Å². The van der Waals surface area contributed by atoms with Gasteiger partial charge in [-0.3, -0.25) is 4.79 Å². The summed E-state index contributed by atoms with van der Waals surface area (Å²) >= 11 is 5.74. The van der Waals surface area contributed by atoms with E-state index in [1.165, 1.54) is 12.1 Å². The van der Waals surface area contributed by atoms with Crippen molar-refractivity contribution in [1.29, 1.82) is 0 Å². The van der Waals surface area contributed by atoms with Crippen LogP contribution in [0.4, 0.5) is 18.9 Å². The molecule has 2 rings (SSSR count). The second kappa shape index (κ2) is 4.89. The molecule has 0 spiro atoms. The summed E-state index contributed by atoms with van der Waals surface area (Å²) in [6.07, 6.45) is -2.77. The minimum Gasteiger partial charge on any atom is -0.311 e. The van der Waals surface area contributed by atoms with Crippen molar-refractivity contribution in [3.8, 4) is 0 Å². The van der Waals surface area contributed by atoms with Crippen LogP contribution in [0, 0.1) is 5.92 Å². The molecular weight excluding hydrogens is 279 g/mol. The fourth-order valence-corrected chi connectivity index (χ4v) is 2.26. The molecule has 6 heteroatoms. The van der Waals surface area contributed by atoms with E-state index in [0.717, 1.165) is 11.0 Å². The number of halogens is 4. The van der Waals surface area contributed by atoms with Gasteiger partial charge in [-0.2, -0.15) is 13.2 Å². The third-order valence-electron chi connectivity index (χ3n) is 3.04. The van der Waals surface area contributed by atoms with Crippen LogP contribution in [0.3, 0.4) is 0 Å². The Morgan fingerprint density at radius 2 is 2.11 bits per heavy atom. The zero-order valence-corrected chi connectivity index (χ0v) is 10.6. The van der Waals surface area contributed by atoms with E-state index in [0.29, 0.717) is 0 Å². The lowest BCUT2D eigenvalue weighted by Crippen LogP contribution is -2.27. The number of alkyl halides is 3. The lowest BCUT2D eigenvalue weighted by molar-refractivity contribution is -0.137. The van der Waals surface area contributed by atoms with Gasteiger partial charge in [-0.1, -0.05) is 17.7 Å². The van der Waals surface area contributed by atoms with Crippen LogP contribution < -0.4 is 4.90 Å². The summed E-state index contributed by atoms with van der Waals surface area (Å²) in [5, 5.41) is 0.165. The fraction of sp³-hybridized carbons (Fsp3) is 0.308. The molecule has 1 aliphatic rings. The van der Waals surface area contributed by atoms with Crippen molar-refractivity contribution >= 4 is 23.2 Å². The van der Waals surface area contributed by atoms with Crippen LogP contribution in [0.1, 0.15) is 12.0 Å². The second-order valence-electron chi connectivity index (χ2n) is 4.36. The monoisotopic (exact) mass is 289 g/mol. The highest BCUT2D eigenvalue weighted by Gasteiger charge is 2.38. The third kappa shape index (κ3) is 2.76. The maximum absolute atomic E-state index is 12.9. The highest BCUT2D eigenvalue weighted by atomic mass is 35.5. The summed E-state index contributed by atoms with van der Waals surface area (Å²) in [5.74, 6) is -0.481. The Balaban J connectivity index is 2.47. The average molecular weight is 290 g/mol. The summed E-state index contributed by atoms with van der Waals surface area (Å²) in [6.45, 7) is 3.77. The Morgan fingerprint density at radius 3 is 2.63 bits per heavy atom. The first-order chi connectivity index (χ1) is 8.82. The van der Waals surface area contributed by atoms with Crippen molar-refractivity contribution in [2.24, 2.45) is 5.92 Å². The van der Waals surface area contributed by atoms with E-state index >= 15 is 0 Å². The van der Waals surface area contributed by atoms with Gasteiger partial charge >= 0.3 is 6.18 Å². The smallest absolute Gasteiger partial charge is 0.311 e. The summed E-state index contributed by atoms with van der Waals surface area (Å²) in [5.41, 5.74) is -1.04. The molecule has 1 atom stereocenters. The lowest BCUT2D eigenvalue weighted by atomic mass is 10.1. The summed E-state index contributed by atoms with van der Waals surface area (Å²) in [7, 11) is 0. The Labute approximate surface area is 113 Å². The molecule has 1 unspecified atom stereocenters. The van der Waals surface area contributed by atoms with Gasteiger partial charge in [0.25, 0.3) is 0 Å². The number of carbonyl (C=O) groups excluding carboxylic acids is 1. The fourth-order valence-electron chi connectivity index (χ4n) is 2.09. The molecule has 1 heterocycles. The maximum atomic E-state index is 12.9. The highest BCUT2D eigenvalue weighted by molar-refractivity contribution is 6.31. The summed E-state index contributed by atoms with van der Waals surface area (Å²) in [4.78, 5) is 12.9. The van der Waals surface area contributed by atoms with Gasteiger partial charge in [0.2, 0.25) is 5.91 Å². The topological polar surface area (TPSA) is 20.3 Å². The van der Waals surface area contributed by atoms with Crippen molar-refractivity contribution in [2.75, 3.05) is 11.4 Å². The molecule has 0 radical (unpaired) electrons. The SMILES string of the molecule is C=CC1CC(=O)N(c2cc(Cl)ccc2C(F)(F)F)C1. The molecule has 0 saturated carbocycles. The van der Waals surface area contributed by atoms with Crippen molar-refractivity contribution in [2.45, 2.75) is 12.6 Å². The zero-order chi connectivity index (χ0) is 14.2. The minimum atomic E-state index is -4.52. The van der Waals surface area contributed by atoms with Crippen molar-refractivity contribution in [3.63, 3.8) is 0 Å². The highest BCUT2D eigenvalue weighted by Crippen LogP contribution is 2.40. The van der Waals surface area contributed by atoms with Gasteiger partial charge in [0.05, 0.1) is 11.3 Å². The summed E-state index contributed by atoms with van der Waals surface area (Å²) in [6, 6.07) is 3.24. The van der Waals surface area contributed by atoms with Gasteiger partial charge in [-0.15, -0.1) is 6.58 Å². The number of rotatable bonds is 2. The molecule has 1 amide bonds. The molecular formula is C13H11ClF3NO. The molecule has 1 saturated heterocycles. The lowest BCUT2D eigenvalue weighted by Gasteiger charge is -2.21. The number of hydrogen-bond donors (Lipinski definition) is 0. The standard InChI is InChI=1S/C13H11ClF3NO/c1-2-8-5-12(19)18(7-8)11-6-9(14)3-4-10(11)13(15,16)17/h2-4,6,8H,1,5,7H2. The van der Waals surface area contributed by atoms with E-state index < -0.39 is 11.7 Å². The van der Waals surface area contributed by atoms with Gasteiger partial charge < -0.3 is 4.90 Å². The summed E-state index contributed by atoms with van der Waals surface area (Å²) < 4.78 is 38.8. The zero-order valence-electron chi connectivity index (χ0n) is 9.88. The minimum absolute atomic E-state index is 0.132. The molecule has 0 N–H and O–H groups in total. The molecule has 102 valence electrons. The largest absolute Gasteiger partial charge is 0.418 e. The number of benzene rings is 1. The Morgan fingerprint density at radius 1 is 1.42 bits per heavy atom. The Kier molecular flexibility index (Phi) is 3.58. The quantitative estimate of drug-likeness (QED) is 0.756. The predicted molar refractivity (Wildman–Crippen MR) is 67.1 cm³/mol. The first kappa shape index (κ1) is 13.9. The van der Waals surface area contributed by atoms with E-state index in [2.05, 4.69) is 6.58 Å². The maximum Gasteiger partial charge on any atom is 0.418 e. The predicted octanol–water partition coefficient (Wildman–Crippen LogP) is 3.90. The number of hydrogen-bond acceptors (Lipinski definition) is 1. The second-order valence-corrected chi connectivity index (χ2v) is 4.80. The van der Waals surface area contributed by atoms with Crippen LogP contribution in [0.5, 0.6) is 0 Å². The van der Waals surface area contributed by atoms with Crippen LogP contribution >= 0.6 is 11.6 Å². The Hall–Kier alpha value is -1.49. The molecule has 2 nitrogen and oxygen atoms in total. The van der Waals surface area contributed by atoms with E-state index in [9.17, 15) is 18.0 Å². The van der Waals surface area contributed by atoms with Gasteiger partial charge in [-0.05, 0) is 18.2 Å². The molecule has 19 heavy (non-hydrogen) atoms. The van der Waals surface area contributed by atoms with Crippen LogP contribution in [0.2, 0.25) is 5.02 Å². The third-order valence-corrected chi connectivity index (χ3v) is 3.28. The van der Waals surface area contributed by atoms with Crippen LogP contribution in [-0.2, 0) is 11.0 Å². The normalized spacial score (nSPS) is 19.9. The van der Waals surface area contributed by atoms with Crippen molar-refractivity contribution in [1.82, 2.24) is 0 Å². The van der Waals surface area contributed by atoms with Gasteiger partial charge in [0.1, 0.15) is 0 Å². The number of nitrogens with zero attached hydrogens (tertiary/aromatic N) is 1. The Bertz CT molecular complexity index is 527. The van der Waals surface area contributed by atoms with Crippen LogP contribution in [0.15, 0.2) is 30.9 Å². The molecule has 1 aromatic carbocycles. The molecule has 0 aromatic heterocycles. The van der Waals surface area contributed by atoms with Crippen molar-refractivity contribution in [3.05, 3.63) is 41.4 Å². The van der Waals surface area contributed by atoms with Crippen LogP contribution in [0.25, 0.3) is 0 Å². The molecule has 1 aromatic rings. The molecule has 1 fully saturated rings. The first-order valence-electron chi connectivity index (χ1n) is 5.62. The van der Waals surface area contributed by atoms with Gasteiger partial charge in [-0.25, -0.2) is 0 Å².